The zero-order chi connectivity index (χ0) is 12.5. The summed E-state index contributed by atoms with van der Waals surface area (Å²) >= 11 is 0. The average molecular weight is 233 g/mol. The van der Waals surface area contributed by atoms with Gasteiger partial charge in [-0.3, -0.25) is 0 Å². The maximum absolute atomic E-state index is 5.51. The molecule has 2 heteroatoms. The van der Waals surface area contributed by atoms with Crippen LogP contribution < -0.4 is 10.1 Å². The molecular weight excluding hydrogens is 210 g/mol. The zero-order valence-electron chi connectivity index (χ0n) is 11.3. The molecule has 1 aromatic carbocycles. The second-order valence-corrected chi connectivity index (χ2v) is 5.39. The Balaban J connectivity index is 2.37. The molecule has 0 bridgehead atoms. The van der Waals surface area contributed by atoms with Gasteiger partial charge in [-0.2, -0.15) is 0 Å². The van der Waals surface area contributed by atoms with Crippen molar-refractivity contribution in [2.75, 3.05) is 13.7 Å². The molecule has 1 N–H and O–H groups in total. The maximum Gasteiger partial charge on any atom is 0.123 e. The van der Waals surface area contributed by atoms with Crippen LogP contribution in [0, 0.1) is 12.3 Å². The Morgan fingerprint density at radius 3 is 2.65 bits per heavy atom. The van der Waals surface area contributed by atoms with Crippen molar-refractivity contribution in [3.63, 3.8) is 0 Å². The third-order valence-corrected chi connectivity index (χ3v) is 3.84. The quantitative estimate of drug-likeness (QED) is 0.841. The first kappa shape index (κ1) is 12.4. The Labute approximate surface area is 104 Å². The first-order chi connectivity index (χ1) is 8.10. The van der Waals surface area contributed by atoms with Crippen molar-refractivity contribution in [3.8, 4) is 5.75 Å². The number of nitrogens with one attached hydrogen (secondary N) is 1. The van der Waals surface area contributed by atoms with Gasteiger partial charge in [-0.05, 0) is 37.8 Å². The summed E-state index contributed by atoms with van der Waals surface area (Å²) in [6.45, 7) is 7.67. The SMILES string of the molecule is CCNC(c1cc(C)ccc1OC)C1(C)CC1. The molecule has 1 atom stereocenters. The molecular formula is C15H23NO. The van der Waals surface area contributed by atoms with Gasteiger partial charge in [-0.1, -0.05) is 31.5 Å². The van der Waals surface area contributed by atoms with E-state index in [1.807, 2.05) is 0 Å². The van der Waals surface area contributed by atoms with Gasteiger partial charge in [0.1, 0.15) is 5.75 Å². The highest BCUT2D eigenvalue weighted by Gasteiger charge is 2.46. The number of aryl methyl sites for hydroxylation is 1. The van der Waals surface area contributed by atoms with E-state index in [9.17, 15) is 0 Å². The van der Waals surface area contributed by atoms with Crippen LogP contribution in [0.5, 0.6) is 5.75 Å². The molecule has 0 aliphatic heterocycles. The smallest absolute Gasteiger partial charge is 0.123 e. The van der Waals surface area contributed by atoms with Gasteiger partial charge in [-0.25, -0.2) is 0 Å². The molecule has 94 valence electrons. The highest BCUT2D eigenvalue weighted by molar-refractivity contribution is 5.40. The summed E-state index contributed by atoms with van der Waals surface area (Å²) in [4.78, 5) is 0. The van der Waals surface area contributed by atoms with E-state index < -0.39 is 0 Å². The van der Waals surface area contributed by atoms with Crippen molar-refractivity contribution in [1.29, 1.82) is 0 Å². The van der Waals surface area contributed by atoms with Gasteiger partial charge in [-0.15, -0.1) is 0 Å². The molecule has 1 unspecified atom stereocenters. The van der Waals surface area contributed by atoms with Gasteiger partial charge in [0.25, 0.3) is 0 Å². The fourth-order valence-electron chi connectivity index (χ4n) is 2.50. The molecule has 0 saturated heterocycles. The minimum atomic E-state index is 0.414. The third kappa shape index (κ3) is 2.47. The van der Waals surface area contributed by atoms with Crippen molar-refractivity contribution >= 4 is 0 Å². The summed E-state index contributed by atoms with van der Waals surface area (Å²) in [5.74, 6) is 1.01. The van der Waals surface area contributed by atoms with Crippen LogP contribution in [0.3, 0.4) is 0 Å². The second-order valence-electron chi connectivity index (χ2n) is 5.39. The number of methoxy groups -OCH3 is 1. The Kier molecular flexibility index (Phi) is 3.43. The molecule has 2 rings (SSSR count). The highest BCUT2D eigenvalue weighted by atomic mass is 16.5. The van der Waals surface area contributed by atoms with Crippen LogP contribution in [0.1, 0.15) is 43.9 Å². The molecule has 0 aromatic heterocycles. The van der Waals surface area contributed by atoms with Crippen molar-refractivity contribution in [3.05, 3.63) is 29.3 Å². The van der Waals surface area contributed by atoms with Crippen LogP contribution in [0.15, 0.2) is 18.2 Å². The normalized spacial score (nSPS) is 18.8. The number of ether oxygens (including phenoxy) is 1. The molecule has 1 saturated carbocycles. The van der Waals surface area contributed by atoms with E-state index in [4.69, 9.17) is 4.74 Å². The minimum Gasteiger partial charge on any atom is -0.496 e. The lowest BCUT2D eigenvalue weighted by molar-refractivity contribution is 0.347. The van der Waals surface area contributed by atoms with Crippen LogP contribution in [-0.4, -0.2) is 13.7 Å². The van der Waals surface area contributed by atoms with Gasteiger partial charge in [0.2, 0.25) is 0 Å². The Morgan fingerprint density at radius 1 is 1.41 bits per heavy atom. The third-order valence-electron chi connectivity index (χ3n) is 3.84. The topological polar surface area (TPSA) is 21.3 Å². The molecule has 1 aliphatic carbocycles. The summed E-state index contributed by atoms with van der Waals surface area (Å²) in [5.41, 5.74) is 3.03. The fraction of sp³-hybridized carbons (Fsp3) is 0.600. The lowest BCUT2D eigenvalue weighted by Gasteiger charge is -2.27. The first-order valence-corrected chi connectivity index (χ1v) is 6.48. The fourth-order valence-corrected chi connectivity index (χ4v) is 2.50. The van der Waals surface area contributed by atoms with E-state index in [1.54, 1.807) is 7.11 Å². The number of hydrogen-bond acceptors (Lipinski definition) is 2. The van der Waals surface area contributed by atoms with Crippen LogP contribution in [0.2, 0.25) is 0 Å². The average Bonchev–Trinajstić information content (AvgIpc) is 3.05. The summed E-state index contributed by atoms with van der Waals surface area (Å²) in [5, 5.41) is 3.62. The minimum absolute atomic E-state index is 0.414. The summed E-state index contributed by atoms with van der Waals surface area (Å²) in [6, 6.07) is 6.87. The summed E-state index contributed by atoms with van der Waals surface area (Å²) in [7, 11) is 1.76. The van der Waals surface area contributed by atoms with Crippen LogP contribution >= 0.6 is 0 Å². The molecule has 1 fully saturated rings. The predicted octanol–water partition coefficient (Wildman–Crippen LogP) is 3.45. The maximum atomic E-state index is 5.51. The van der Waals surface area contributed by atoms with Gasteiger partial charge in [0.15, 0.2) is 0 Å². The lowest BCUT2D eigenvalue weighted by Crippen LogP contribution is -2.28. The lowest BCUT2D eigenvalue weighted by atomic mass is 9.90. The number of hydrogen-bond donors (Lipinski definition) is 1. The van der Waals surface area contributed by atoms with Crippen LogP contribution in [0.25, 0.3) is 0 Å². The second kappa shape index (κ2) is 4.69. The van der Waals surface area contributed by atoms with E-state index in [1.165, 1.54) is 24.0 Å². The molecule has 0 heterocycles. The van der Waals surface area contributed by atoms with Crippen LogP contribution in [-0.2, 0) is 0 Å². The van der Waals surface area contributed by atoms with E-state index in [2.05, 4.69) is 44.3 Å². The van der Waals surface area contributed by atoms with E-state index in [0.717, 1.165) is 12.3 Å². The van der Waals surface area contributed by atoms with E-state index >= 15 is 0 Å². The van der Waals surface area contributed by atoms with Crippen molar-refractivity contribution in [2.24, 2.45) is 5.41 Å². The van der Waals surface area contributed by atoms with Gasteiger partial charge in [0.05, 0.1) is 7.11 Å². The Morgan fingerprint density at radius 2 is 2.12 bits per heavy atom. The molecule has 2 nitrogen and oxygen atoms in total. The van der Waals surface area contributed by atoms with Gasteiger partial charge >= 0.3 is 0 Å². The number of benzene rings is 1. The molecule has 0 amide bonds. The molecule has 1 aromatic rings. The Hall–Kier alpha value is -1.02. The standard InChI is InChI=1S/C15H23NO/c1-5-16-14(15(3)8-9-15)12-10-11(2)6-7-13(12)17-4/h6-7,10,14,16H,5,8-9H2,1-4H3. The van der Waals surface area contributed by atoms with Gasteiger partial charge in [0, 0.05) is 11.6 Å². The summed E-state index contributed by atoms with van der Waals surface area (Å²) in [6.07, 6.45) is 2.61. The number of rotatable bonds is 5. The monoisotopic (exact) mass is 233 g/mol. The molecule has 0 spiro atoms. The molecule has 17 heavy (non-hydrogen) atoms. The highest BCUT2D eigenvalue weighted by Crippen LogP contribution is 2.55. The molecule has 1 aliphatic rings. The largest absolute Gasteiger partial charge is 0.496 e. The predicted molar refractivity (Wildman–Crippen MR) is 71.5 cm³/mol. The van der Waals surface area contributed by atoms with Crippen molar-refractivity contribution in [2.45, 2.75) is 39.7 Å². The van der Waals surface area contributed by atoms with E-state index in [-0.39, 0.29) is 0 Å². The van der Waals surface area contributed by atoms with E-state index in [0.29, 0.717) is 11.5 Å². The summed E-state index contributed by atoms with van der Waals surface area (Å²) < 4.78 is 5.51. The van der Waals surface area contributed by atoms with Crippen LogP contribution in [0.4, 0.5) is 0 Å². The van der Waals surface area contributed by atoms with Gasteiger partial charge < -0.3 is 10.1 Å². The van der Waals surface area contributed by atoms with Crippen molar-refractivity contribution < 1.29 is 4.74 Å². The zero-order valence-corrected chi connectivity index (χ0v) is 11.3. The Bertz CT molecular complexity index is 396. The molecule has 0 radical (unpaired) electrons. The van der Waals surface area contributed by atoms with Crippen molar-refractivity contribution in [1.82, 2.24) is 5.32 Å². The first-order valence-electron chi connectivity index (χ1n) is 6.48.